The summed E-state index contributed by atoms with van der Waals surface area (Å²) in [5.41, 5.74) is 18.8. The molecular weight excluding hydrogens is 480 g/mol. The molecule has 0 heteroatoms. The van der Waals surface area contributed by atoms with E-state index in [0.717, 1.165) is 25.7 Å². The van der Waals surface area contributed by atoms with E-state index in [1.807, 2.05) is 0 Å². The molecule has 5 rings (SSSR count). The summed E-state index contributed by atoms with van der Waals surface area (Å²) in [5, 5.41) is 0. The molecule has 0 aliphatic heterocycles. The van der Waals surface area contributed by atoms with E-state index in [-0.39, 0.29) is 0 Å². The Kier molecular flexibility index (Phi) is 8.36. The van der Waals surface area contributed by atoms with Crippen molar-refractivity contribution in [2.45, 2.75) is 67.2 Å². The van der Waals surface area contributed by atoms with E-state index in [0.29, 0.717) is 0 Å². The van der Waals surface area contributed by atoms with E-state index < -0.39 is 0 Å². The van der Waals surface area contributed by atoms with Crippen LogP contribution in [0, 0.1) is 27.7 Å². The molecule has 0 atom stereocenters. The van der Waals surface area contributed by atoms with E-state index in [9.17, 15) is 0 Å². The second-order valence-corrected chi connectivity index (χ2v) is 11.4. The van der Waals surface area contributed by atoms with Crippen LogP contribution in [0.4, 0.5) is 0 Å². The minimum Gasteiger partial charge on any atom is -0.0651 e. The fraction of sp³-hybridized carbons (Fsp3) is 0.250. The Labute approximate surface area is 241 Å². The zero-order chi connectivity index (χ0) is 28.2. The van der Waals surface area contributed by atoms with Crippen LogP contribution in [0.2, 0.25) is 0 Å². The van der Waals surface area contributed by atoms with Crippen molar-refractivity contribution < 1.29 is 0 Å². The molecule has 0 saturated carbocycles. The lowest BCUT2D eigenvalue weighted by atomic mass is 9.87. The minimum atomic E-state index is 1.08. The van der Waals surface area contributed by atoms with E-state index in [1.165, 1.54) is 77.9 Å². The van der Waals surface area contributed by atoms with E-state index in [2.05, 4.69) is 139 Å². The van der Waals surface area contributed by atoms with Gasteiger partial charge in [-0.15, -0.1) is 0 Å². The van der Waals surface area contributed by atoms with Gasteiger partial charge in [-0.1, -0.05) is 124 Å². The molecule has 0 aliphatic carbocycles. The van der Waals surface area contributed by atoms with Crippen LogP contribution in [0.1, 0.15) is 60.1 Å². The molecule has 0 amide bonds. The van der Waals surface area contributed by atoms with Gasteiger partial charge in [0.1, 0.15) is 0 Å². The first-order chi connectivity index (χ1) is 19.4. The summed E-state index contributed by atoms with van der Waals surface area (Å²) in [5.74, 6) is 0. The quantitative estimate of drug-likeness (QED) is 0.190. The molecule has 5 aromatic carbocycles. The number of benzene rings is 5. The van der Waals surface area contributed by atoms with Crippen LogP contribution >= 0.6 is 0 Å². The highest BCUT2D eigenvalue weighted by molar-refractivity contribution is 5.79. The highest BCUT2D eigenvalue weighted by Gasteiger charge is 2.14. The van der Waals surface area contributed by atoms with Crippen molar-refractivity contribution in [2.24, 2.45) is 0 Å². The maximum absolute atomic E-state index is 2.48. The van der Waals surface area contributed by atoms with Crippen LogP contribution in [0.3, 0.4) is 0 Å². The zero-order valence-electron chi connectivity index (χ0n) is 25.1. The van der Waals surface area contributed by atoms with Crippen LogP contribution in [0.5, 0.6) is 0 Å². The van der Waals surface area contributed by atoms with Crippen molar-refractivity contribution in [3.63, 3.8) is 0 Å². The number of hydrogen-bond donors (Lipinski definition) is 0. The molecular formula is C40H42. The Morgan fingerprint density at radius 1 is 0.350 bits per heavy atom. The Balaban J connectivity index is 1.52. The molecule has 0 radical (unpaired) electrons. The van der Waals surface area contributed by atoms with Gasteiger partial charge in [-0.2, -0.15) is 0 Å². The lowest BCUT2D eigenvalue weighted by Crippen LogP contribution is -1.97. The predicted octanol–water partition coefficient (Wildman–Crippen LogP) is 11.5. The lowest BCUT2D eigenvalue weighted by Gasteiger charge is -2.18. The van der Waals surface area contributed by atoms with Crippen molar-refractivity contribution in [1.82, 2.24) is 0 Å². The van der Waals surface area contributed by atoms with Crippen molar-refractivity contribution >= 4 is 0 Å². The molecule has 0 spiro atoms. The molecule has 0 aliphatic rings. The first-order valence-electron chi connectivity index (χ1n) is 14.9. The fourth-order valence-corrected chi connectivity index (χ4v) is 5.71. The third-order valence-corrected chi connectivity index (χ3v) is 8.44. The Morgan fingerprint density at radius 3 is 1.00 bits per heavy atom. The molecule has 40 heavy (non-hydrogen) atoms. The molecule has 0 fully saturated rings. The molecule has 0 unspecified atom stereocenters. The maximum atomic E-state index is 2.48. The molecule has 0 bridgehead atoms. The van der Waals surface area contributed by atoms with Gasteiger partial charge in [0.15, 0.2) is 0 Å². The van der Waals surface area contributed by atoms with E-state index in [4.69, 9.17) is 0 Å². The summed E-state index contributed by atoms with van der Waals surface area (Å²) in [6, 6.07) is 36.9. The van der Waals surface area contributed by atoms with Crippen molar-refractivity contribution in [1.29, 1.82) is 0 Å². The van der Waals surface area contributed by atoms with Gasteiger partial charge in [0.2, 0.25) is 0 Å². The Hall–Kier alpha value is -3.90. The summed E-state index contributed by atoms with van der Waals surface area (Å²) >= 11 is 0. The van der Waals surface area contributed by atoms with Crippen LogP contribution < -0.4 is 0 Å². The highest BCUT2D eigenvalue weighted by atomic mass is 14.2. The fourth-order valence-electron chi connectivity index (χ4n) is 5.71. The monoisotopic (exact) mass is 522 g/mol. The topological polar surface area (TPSA) is 0 Å². The first kappa shape index (κ1) is 27.7. The second-order valence-electron chi connectivity index (χ2n) is 11.4. The van der Waals surface area contributed by atoms with Gasteiger partial charge in [-0.05, 0) is 118 Å². The molecule has 0 N–H and O–H groups in total. The Morgan fingerprint density at radius 2 is 0.675 bits per heavy atom. The average Bonchev–Trinajstić information content (AvgIpc) is 2.97. The maximum Gasteiger partial charge on any atom is -0.0149 e. The third kappa shape index (κ3) is 5.82. The minimum absolute atomic E-state index is 1.08. The van der Waals surface area contributed by atoms with Gasteiger partial charge >= 0.3 is 0 Å². The smallest absolute Gasteiger partial charge is 0.0149 e. The summed E-state index contributed by atoms with van der Waals surface area (Å²) in [4.78, 5) is 0. The van der Waals surface area contributed by atoms with Crippen molar-refractivity contribution in [2.75, 3.05) is 0 Å². The summed E-state index contributed by atoms with van der Waals surface area (Å²) < 4.78 is 0. The van der Waals surface area contributed by atoms with Gasteiger partial charge in [-0.3, -0.25) is 0 Å². The van der Waals surface area contributed by atoms with Crippen LogP contribution in [0.25, 0.3) is 44.5 Å². The van der Waals surface area contributed by atoms with Crippen LogP contribution in [0.15, 0.2) is 97.1 Å². The summed E-state index contributed by atoms with van der Waals surface area (Å²) in [7, 11) is 0. The van der Waals surface area contributed by atoms with Crippen molar-refractivity contribution in [3.05, 3.63) is 130 Å². The lowest BCUT2D eigenvalue weighted by molar-refractivity contribution is 0.907. The molecule has 0 nitrogen and oxygen atoms in total. The van der Waals surface area contributed by atoms with Gasteiger partial charge in [0, 0.05) is 0 Å². The molecule has 0 saturated heterocycles. The van der Waals surface area contributed by atoms with Crippen molar-refractivity contribution in [3.8, 4) is 44.5 Å². The molecule has 5 aromatic rings. The molecule has 202 valence electrons. The van der Waals surface area contributed by atoms with Crippen LogP contribution in [-0.4, -0.2) is 0 Å². The molecule has 0 heterocycles. The number of rotatable bonds is 8. The zero-order valence-corrected chi connectivity index (χ0v) is 25.1. The third-order valence-electron chi connectivity index (χ3n) is 8.44. The van der Waals surface area contributed by atoms with E-state index >= 15 is 0 Å². The highest BCUT2D eigenvalue weighted by Crippen LogP contribution is 2.36. The first-order valence-corrected chi connectivity index (χ1v) is 14.9. The second kappa shape index (κ2) is 12.1. The number of aryl methyl sites for hydroxylation is 6. The number of hydrogen-bond acceptors (Lipinski definition) is 0. The SMILES string of the molecule is CCCc1cc(-c2ccc(-c3ccc(C)c(C)c3)cc2)c(CCC)cc1-c1ccc(-c2ccc(C)c(C)c2)cc1. The summed E-state index contributed by atoms with van der Waals surface area (Å²) in [6.07, 6.45) is 4.42. The Bertz CT molecular complexity index is 1490. The summed E-state index contributed by atoms with van der Waals surface area (Å²) in [6.45, 7) is 13.3. The molecule has 0 aromatic heterocycles. The largest absolute Gasteiger partial charge is 0.0651 e. The normalized spacial score (nSPS) is 11.2. The standard InChI is InChI=1S/C40H42/c1-7-9-37-25-40(34-21-17-32(18-22-34)36-14-12-28(4)30(6)24-36)38(10-8-2)26-39(37)33-19-15-31(16-20-33)35-13-11-27(3)29(5)23-35/h11-26H,7-10H2,1-6H3. The average molecular weight is 523 g/mol. The van der Waals surface area contributed by atoms with Gasteiger partial charge < -0.3 is 0 Å². The van der Waals surface area contributed by atoms with Gasteiger partial charge in [0.25, 0.3) is 0 Å². The predicted molar refractivity (Wildman–Crippen MR) is 175 cm³/mol. The van der Waals surface area contributed by atoms with Gasteiger partial charge in [-0.25, -0.2) is 0 Å². The van der Waals surface area contributed by atoms with Gasteiger partial charge in [0.05, 0.1) is 0 Å². The van der Waals surface area contributed by atoms with E-state index in [1.54, 1.807) is 0 Å². The van der Waals surface area contributed by atoms with Crippen LogP contribution in [-0.2, 0) is 12.8 Å².